The van der Waals surface area contributed by atoms with Crippen LogP contribution in [0.2, 0.25) is 0 Å². The largest absolute Gasteiger partial charge is 0.448 e. The number of esters is 1. The van der Waals surface area contributed by atoms with Gasteiger partial charge in [-0.1, -0.05) is 25.1 Å². The minimum absolute atomic E-state index is 0.0914. The smallest absolute Gasteiger partial charge is 0.349 e. The van der Waals surface area contributed by atoms with Crippen LogP contribution in [0.15, 0.2) is 46.8 Å². The lowest BCUT2D eigenvalue weighted by Crippen LogP contribution is -2.32. The number of benzene rings is 1. The predicted octanol–water partition coefficient (Wildman–Crippen LogP) is 3.79. The average molecular weight is 490 g/mol. The fraction of sp³-hybridized carbons (Fsp3) is 0.333. The number of amides is 1. The standard InChI is InChI=1S/C27H31N5O4/c1-7-13-31-17(2)14-21(18(31)3)15-22(16-28)27(35)36-20(5)25(33)29-24-19(4)30(6)32(26(24)34)23-11-9-8-10-12-23/h8-12,14-15,20H,7,13H2,1-6H3,(H,29,33)/b22-15-/t20-/m0/s1. The summed E-state index contributed by atoms with van der Waals surface area (Å²) in [5.74, 6) is -1.58. The molecule has 3 aromatic rings. The molecular weight excluding hydrogens is 458 g/mol. The summed E-state index contributed by atoms with van der Waals surface area (Å²) in [5.41, 5.74) is 3.36. The summed E-state index contributed by atoms with van der Waals surface area (Å²) in [5, 5.41) is 12.1. The average Bonchev–Trinajstić information content (AvgIpc) is 3.24. The number of nitrogens with zero attached hydrogens (tertiary/aromatic N) is 4. The summed E-state index contributed by atoms with van der Waals surface area (Å²) in [6, 6.07) is 12.8. The number of nitriles is 1. The van der Waals surface area contributed by atoms with Gasteiger partial charge in [0.2, 0.25) is 0 Å². The molecule has 3 rings (SSSR count). The van der Waals surface area contributed by atoms with E-state index in [4.69, 9.17) is 4.74 Å². The van der Waals surface area contributed by atoms with Crippen LogP contribution in [0.25, 0.3) is 11.8 Å². The number of rotatable bonds is 8. The predicted molar refractivity (Wildman–Crippen MR) is 138 cm³/mol. The van der Waals surface area contributed by atoms with Crippen LogP contribution in [0.5, 0.6) is 0 Å². The summed E-state index contributed by atoms with van der Waals surface area (Å²) in [4.78, 5) is 38.5. The van der Waals surface area contributed by atoms with Crippen LogP contribution in [0.3, 0.4) is 0 Å². The number of aryl methyl sites for hydroxylation is 1. The molecule has 0 saturated carbocycles. The Bertz CT molecular complexity index is 1420. The lowest BCUT2D eigenvalue weighted by atomic mass is 10.1. The highest BCUT2D eigenvalue weighted by molar-refractivity contribution is 6.01. The lowest BCUT2D eigenvalue weighted by Gasteiger charge is -2.12. The van der Waals surface area contributed by atoms with E-state index in [-0.39, 0.29) is 11.3 Å². The van der Waals surface area contributed by atoms with E-state index in [1.54, 1.807) is 30.8 Å². The summed E-state index contributed by atoms with van der Waals surface area (Å²) in [6.45, 7) is 9.90. The molecule has 2 heterocycles. The molecule has 0 bridgehead atoms. The highest BCUT2D eigenvalue weighted by Crippen LogP contribution is 2.20. The van der Waals surface area contributed by atoms with E-state index in [0.29, 0.717) is 11.4 Å². The number of anilines is 1. The Morgan fingerprint density at radius 1 is 1.17 bits per heavy atom. The van der Waals surface area contributed by atoms with E-state index < -0.39 is 23.5 Å². The van der Waals surface area contributed by atoms with Crippen molar-refractivity contribution in [1.29, 1.82) is 5.26 Å². The van der Waals surface area contributed by atoms with E-state index in [0.717, 1.165) is 29.9 Å². The second kappa shape index (κ2) is 11.0. The normalized spacial score (nSPS) is 12.2. The van der Waals surface area contributed by atoms with Gasteiger partial charge in [-0.05, 0) is 64.0 Å². The van der Waals surface area contributed by atoms with Gasteiger partial charge in [-0.15, -0.1) is 0 Å². The van der Waals surface area contributed by atoms with Crippen molar-refractivity contribution in [3.8, 4) is 11.8 Å². The third kappa shape index (κ3) is 5.18. The highest BCUT2D eigenvalue weighted by atomic mass is 16.5. The van der Waals surface area contributed by atoms with Gasteiger partial charge in [0.25, 0.3) is 11.5 Å². The van der Waals surface area contributed by atoms with E-state index in [9.17, 15) is 19.6 Å². The molecule has 1 atom stereocenters. The van der Waals surface area contributed by atoms with E-state index in [1.165, 1.54) is 17.7 Å². The molecule has 2 aromatic heterocycles. The highest BCUT2D eigenvalue weighted by Gasteiger charge is 2.24. The molecule has 0 aliphatic carbocycles. The van der Waals surface area contributed by atoms with Gasteiger partial charge >= 0.3 is 5.97 Å². The molecule has 188 valence electrons. The number of carbonyl (C=O) groups is 2. The minimum Gasteiger partial charge on any atom is -0.448 e. The molecule has 1 aromatic carbocycles. The topological polar surface area (TPSA) is 111 Å². The van der Waals surface area contributed by atoms with Gasteiger partial charge < -0.3 is 14.6 Å². The van der Waals surface area contributed by atoms with Gasteiger partial charge in [0, 0.05) is 25.0 Å². The van der Waals surface area contributed by atoms with Gasteiger partial charge in [0.1, 0.15) is 17.3 Å². The Balaban J connectivity index is 1.78. The van der Waals surface area contributed by atoms with Crippen molar-refractivity contribution >= 4 is 23.6 Å². The fourth-order valence-corrected chi connectivity index (χ4v) is 4.05. The quantitative estimate of drug-likeness (QED) is 0.294. The Morgan fingerprint density at radius 3 is 2.44 bits per heavy atom. The maximum absolute atomic E-state index is 13.0. The second-order valence-electron chi connectivity index (χ2n) is 8.62. The SMILES string of the molecule is CCCn1c(C)cc(/C=C(/C#N)C(=O)O[C@@H](C)C(=O)Nc2c(C)n(C)n(-c3ccccc3)c2=O)c1C. The summed E-state index contributed by atoms with van der Waals surface area (Å²) < 4.78 is 10.5. The van der Waals surface area contributed by atoms with Crippen molar-refractivity contribution in [2.45, 2.75) is 53.7 Å². The molecule has 1 amide bonds. The molecule has 0 aliphatic heterocycles. The molecule has 0 fully saturated rings. The Hall–Kier alpha value is -4.32. The van der Waals surface area contributed by atoms with Crippen LogP contribution in [-0.4, -0.2) is 31.9 Å². The van der Waals surface area contributed by atoms with E-state index in [1.807, 2.05) is 44.2 Å². The molecule has 36 heavy (non-hydrogen) atoms. The third-order valence-corrected chi connectivity index (χ3v) is 6.16. The van der Waals surface area contributed by atoms with Crippen molar-refractivity contribution in [2.24, 2.45) is 7.05 Å². The Labute approximate surface area is 210 Å². The number of hydrogen-bond acceptors (Lipinski definition) is 5. The first-order valence-electron chi connectivity index (χ1n) is 11.7. The molecule has 9 nitrogen and oxygen atoms in total. The number of aromatic nitrogens is 3. The summed E-state index contributed by atoms with van der Waals surface area (Å²) in [6.07, 6.45) is 1.20. The zero-order valence-electron chi connectivity index (χ0n) is 21.5. The Morgan fingerprint density at radius 2 is 1.83 bits per heavy atom. The number of ether oxygens (including phenoxy) is 1. The minimum atomic E-state index is -1.23. The van der Waals surface area contributed by atoms with E-state index in [2.05, 4.69) is 16.8 Å². The summed E-state index contributed by atoms with van der Waals surface area (Å²) in [7, 11) is 1.71. The van der Waals surface area contributed by atoms with Crippen LogP contribution >= 0.6 is 0 Å². The van der Waals surface area contributed by atoms with E-state index >= 15 is 0 Å². The van der Waals surface area contributed by atoms with Crippen LogP contribution in [0, 0.1) is 32.1 Å². The fourth-order valence-electron chi connectivity index (χ4n) is 4.05. The zero-order chi connectivity index (χ0) is 26.6. The maximum atomic E-state index is 13.0. The lowest BCUT2D eigenvalue weighted by molar-refractivity contribution is -0.148. The van der Waals surface area contributed by atoms with Crippen molar-refractivity contribution in [3.05, 3.63) is 75.0 Å². The zero-order valence-corrected chi connectivity index (χ0v) is 21.5. The molecule has 0 saturated heterocycles. The van der Waals surface area contributed by atoms with Crippen molar-refractivity contribution in [2.75, 3.05) is 5.32 Å². The molecule has 0 radical (unpaired) electrons. The first-order chi connectivity index (χ1) is 17.1. The maximum Gasteiger partial charge on any atom is 0.349 e. The first kappa shape index (κ1) is 26.3. The van der Waals surface area contributed by atoms with Crippen LogP contribution < -0.4 is 10.9 Å². The molecule has 0 spiro atoms. The number of hydrogen-bond donors (Lipinski definition) is 1. The van der Waals surface area contributed by atoms with Gasteiger partial charge in [-0.2, -0.15) is 5.26 Å². The van der Waals surface area contributed by atoms with Crippen LogP contribution in [-0.2, 0) is 27.9 Å². The number of carbonyl (C=O) groups excluding carboxylic acids is 2. The molecule has 1 N–H and O–H groups in total. The first-order valence-corrected chi connectivity index (χ1v) is 11.7. The Kier molecular flexibility index (Phi) is 8.00. The molecule has 9 heteroatoms. The summed E-state index contributed by atoms with van der Waals surface area (Å²) >= 11 is 0. The van der Waals surface area contributed by atoms with Gasteiger partial charge in [0.15, 0.2) is 6.10 Å². The number of nitrogens with one attached hydrogen (secondary N) is 1. The third-order valence-electron chi connectivity index (χ3n) is 6.16. The van der Waals surface area contributed by atoms with Crippen molar-refractivity contribution in [1.82, 2.24) is 13.9 Å². The van der Waals surface area contributed by atoms with Gasteiger partial charge in [-0.3, -0.25) is 14.3 Å². The van der Waals surface area contributed by atoms with Crippen molar-refractivity contribution in [3.63, 3.8) is 0 Å². The molecule has 0 aliphatic rings. The van der Waals surface area contributed by atoms with Crippen molar-refractivity contribution < 1.29 is 14.3 Å². The van der Waals surface area contributed by atoms with Gasteiger partial charge in [0.05, 0.1) is 11.4 Å². The van der Waals surface area contributed by atoms with Gasteiger partial charge in [-0.25, -0.2) is 9.48 Å². The second-order valence-corrected chi connectivity index (χ2v) is 8.62. The monoisotopic (exact) mass is 489 g/mol. The number of para-hydroxylation sites is 1. The van der Waals surface area contributed by atoms with Crippen LogP contribution in [0.4, 0.5) is 5.69 Å². The van der Waals surface area contributed by atoms with Crippen LogP contribution in [0.1, 0.15) is 42.9 Å². The molecular formula is C27H31N5O4. The molecule has 0 unspecified atom stereocenters.